The molecule has 0 bridgehead atoms. The second-order valence-corrected chi connectivity index (χ2v) is 8.04. The summed E-state index contributed by atoms with van der Waals surface area (Å²) in [5, 5.41) is 3.81. The van der Waals surface area contributed by atoms with E-state index in [4.69, 9.17) is 0 Å². The molecule has 0 aliphatic carbocycles. The first-order chi connectivity index (χ1) is 10.3. The number of thioether (sulfide) groups is 1. The fourth-order valence-corrected chi connectivity index (χ4v) is 5.07. The second-order valence-electron chi connectivity index (χ2n) is 6.64. The van der Waals surface area contributed by atoms with Crippen LogP contribution in [0.2, 0.25) is 0 Å². The summed E-state index contributed by atoms with van der Waals surface area (Å²) < 4.78 is 0. The number of carbonyl (C=O) groups is 1. The van der Waals surface area contributed by atoms with E-state index in [0.717, 1.165) is 38.5 Å². The van der Waals surface area contributed by atoms with Crippen LogP contribution in [0, 0.1) is 0 Å². The van der Waals surface area contributed by atoms with Crippen LogP contribution in [-0.4, -0.2) is 65.6 Å². The Labute approximate surface area is 133 Å². The van der Waals surface area contributed by atoms with Crippen LogP contribution in [0.1, 0.15) is 44.9 Å². The molecule has 0 aromatic heterocycles. The Hall–Kier alpha value is -0.420. The molecule has 3 saturated heterocycles. The normalized spacial score (nSPS) is 31.3. The largest absolute Gasteiger partial charge is 0.337 e. The van der Waals surface area contributed by atoms with E-state index >= 15 is 0 Å². The van der Waals surface area contributed by atoms with Crippen LogP contribution < -0.4 is 5.32 Å². The summed E-state index contributed by atoms with van der Waals surface area (Å²) in [5.41, 5.74) is 0. The summed E-state index contributed by atoms with van der Waals surface area (Å²) in [5.74, 6) is 1.27. The van der Waals surface area contributed by atoms with E-state index in [9.17, 15) is 4.79 Å². The summed E-state index contributed by atoms with van der Waals surface area (Å²) in [6, 6.07) is 0.889. The minimum absolute atomic E-state index is 0.171. The average molecular weight is 311 g/mol. The number of amides is 2. The van der Waals surface area contributed by atoms with Gasteiger partial charge in [-0.2, -0.15) is 11.8 Å². The van der Waals surface area contributed by atoms with Gasteiger partial charge in [-0.15, -0.1) is 0 Å². The number of nitrogens with zero attached hydrogens (tertiary/aromatic N) is 2. The number of carbonyl (C=O) groups excluding carboxylic acids is 1. The molecule has 0 spiro atoms. The molecule has 0 saturated carbocycles. The molecule has 0 radical (unpaired) electrons. The number of hydrogen-bond acceptors (Lipinski definition) is 3. The molecular formula is C16H29N3OS. The molecule has 3 rings (SSSR count). The smallest absolute Gasteiger partial charge is 0.317 e. The van der Waals surface area contributed by atoms with Crippen molar-refractivity contribution in [3.63, 3.8) is 0 Å². The molecule has 21 heavy (non-hydrogen) atoms. The maximum Gasteiger partial charge on any atom is 0.317 e. The fourth-order valence-electron chi connectivity index (χ4n) is 3.87. The maximum absolute atomic E-state index is 12.3. The molecule has 3 aliphatic rings. The molecule has 3 heterocycles. The van der Waals surface area contributed by atoms with E-state index in [1.165, 1.54) is 50.9 Å². The number of rotatable bonds is 3. The average Bonchev–Trinajstić information content (AvgIpc) is 3.15. The van der Waals surface area contributed by atoms with Crippen molar-refractivity contribution < 1.29 is 4.79 Å². The number of urea groups is 1. The minimum Gasteiger partial charge on any atom is -0.337 e. The van der Waals surface area contributed by atoms with Crippen LogP contribution in [0.5, 0.6) is 0 Å². The molecule has 2 amide bonds. The van der Waals surface area contributed by atoms with Crippen molar-refractivity contribution in [1.82, 2.24) is 15.1 Å². The molecule has 3 fully saturated rings. The molecule has 3 aliphatic heterocycles. The SMILES string of the molecule is O=C(NC[C@H]1CCCS1)N1CCC[C@@H](N2CCCC2)CC1. The summed E-state index contributed by atoms with van der Waals surface area (Å²) in [4.78, 5) is 17.0. The minimum atomic E-state index is 0.171. The second kappa shape index (κ2) is 7.73. The Morgan fingerprint density at radius 2 is 1.86 bits per heavy atom. The van der Waals surface area contributed by atoms with Gasteiger partial charge in [-0.3, -0.25) is 0 Å². The highest BCUT2D eigenvalue weighted by atomic mass is 32.2. The zero-order chi connectivity index (χ0) is 14.5. The summed E-state index contributed by atoms with van der Waals surface area (Å²) in [6.07, 6.45) is 8.88. The van der Waals surface area contributed by atoms with Crippen molar-refractivity contribution >= 4 is 17.8 Å². The maximum atomic E-state index is 12.3. The Balaban J connectivity index is 1.41. The van der Waals surface area contributed by atoms with Crippen molar-refractivity contribution in [2.75, 3.05) is 38.5 Å². The lowest BCUT2D eigenvalue weighted by atomic mass is 10.1. The summed E-state index contributed by atoms with van der Waals surface area (Å²) in [6.45, 7) is 5.28. The first-order valence-corrected chi connectivity index (χ1v) is 9.76. The molecule has 4 nitrogen and oxygen atoms in total. The van der Waals surface area contributed by atoms with Gasteiger partial charge < -0.3 is 15.1 Å². The van der Waals surface area contributed by atoms with Crippen LogP contribution in [-0.2, 0) is 0 Å². The Morgan fingerprint density at radius 1 is 1.00 bits per heavy atom. The fraction of sp³-hybridized carbons (Fsp3) is 0.938. The molecule has 1 N–H and O–H groups in total. The highest BCUT2D eigenvalue weighted by Crippen LogP contribution is 2.25. The molecule has 0 aromatic rings. The topological polar surface area (TPSA) is 35.6 Å². The third-order valence-corrected chi connectivity index (χ3v) is 6.54. The van der Waals surface area contributed by atoms with E-state index in [1.54, 1.807) is 0 Å². The quantitative estimate of drug-likeness (QED) is 0.870. The van der Waals surface area contributed by atoms with E-state index in [1.807, 2.05) is 11.8 Å². The Morgan fingerprint density at radius 3 is 2.62 bits per heavy atom. The lowest BCUT2D eigenvalue weighted by molar-refractivity contribution is 0.194. The van der Waals surface area contributed by atoms with Gasteiger partial charge in [0.25, 0.3) is 0 Å². The molecular weight excluding hydrogens is 282 g/mol. The lowest BCUT2D eigenvalue weighted by Gasteiger charge is -2.26. The van der Waals surface area contributed by atoms with E-state index in [2.05, 4.69) is 15.1 Å². The van der Waals surface area contributed by atoms with Gasteiger partial charge in [0.05, 0.1) is 0 Å². The third kappa shape index (κ3) is 4.28. The van der Waals surface area contributed by atoms with E-state index in [-0.39, 0.29) is 6.03 Å². The molecule has 0 unspecified atom stereocenters. The van der Waals surface area contributed by atoms with Crippen LogP contribution in [0.15, 0.2) is 0 Å². The van der Waals surface area contributed by atoms with Gasteiger partial charge in [0.1, 0.15) is 0 Å². The predicted molar refractivity (Wildman–Crippen MR) is 88.9 cm³/mol. The van der Waals surface area contributed by atoms with Crippen molar-refractivity contribution in [3.8, 4) is 0 Å². The van der Waals surface area contributed by atoms with E-state index in [0.29, 0.717) is 5.25 Å². The predicted octanol–water partition coefficient (Wildman–Crippen LogP) is 2.54. The Kier molecular flexibility index (Phi) is 5.69. The van der Waals surface area contributed by atoms with Crippen molar-refractivity contribution in [1.29, 1.82) is 0 Å². The van der Waals surface area contributed by atoms with Crippen molar-refractivity contribution in [2.24, 2.45) is 0 Å². The molecule has 120 valence electrons. The number of hydrogen-bond donors (Lipinski definition) is 1. The highest BCUT2D eigenvalue weighted by Gasteiger charge is 2.26. The molecule has 0 aromatic carbocycles. The first-order valence-electron chi connectivity index (χ1n) is 8.71. The van der Waals surface area contributed by atoms with Gasteiger partial charge in [-0.25, -0.2) is 4.79 Å². The van der Waals surface area contributed by atoms with Crippen LogP contribution >= 0.6 is 11.8 Å². The molecule has 5 heteroatoms. The van der Waals surface area contributed by atoms with Gasteiger partial charge in [0, 0.05) is 30.9 Å². The van der Waals surface area contributed by atoms with Crippen molar-refractivity contribution in [2.45, 2.75) is 56.2 Å². The lowest BCUT2D eigenvalue weighted by Crippen LogP contribution is -2.43. The van der Waals surface area contributed by atoms with Gasteiger partial charge in [0.2, 0.25) is 0 Å². The van der Waals surface area contributed by atoms with Gasteiger partial charge in [-0.05, 0) is 63.8 Å². The Bertz CT molecular complexity index is 340. The standard InChI is InChI=1S/C16H29N3OS/c20-16(17-13-15-6-4-12-21-15)19-10-3-5-14(7-11-19)18-8-1-2-9-18/h14-15H,1-13H2,(H,17,20)/t14-,15-/m1/s1. The van der Waals surface area contributed by atoms with Gasteiger partial charge >= 0.3 is 6.03 Å². The summed E-state index contributed by atoms with van der Waals surface area (Å²) >= 11 is 2.01. The number of likely N-dealkylation sites (tertiary alicyclic amines) is 2. The first kappa shape index (κ1) is 15.5. The van der Waals surface area contributed by atoms with Gasteiger partial charge in [0.15, 0.2) is 0 Å². The van der Waals surface area contributed by atoms with Crippen LogP contribution in [0.3, 0.4) is 0 Å². The highest BCUT2D eigenvalue weighted by molar-refractivity contribution is 8.00. The van der Waals surface area contributed by atoms with Crippen LogP contribution in [0.25, 0.3) is 0 Å². The van der Waals surface area contributed by atoms with E-state index < -0.39 is 0 Å². The summed E-state index contributed by atoms with van der Waals surface area (Å²) in [7, 11) is 0. The number of nitrogens with one attached hydrogen (secondary N) is 1. The van der Waals surface area contributed by atoms with Gasteiger partial charge in [-0.1, -0.05) is 0 Å². The zero-order valence-corrected chi connectivity index (χ0v) is 13.9. The zero-order valence-electron chi connectivity index (χ0n) is 13.1. The molecule has 2 atom stereocenters. The monoisotopic (exact) mass is 311 g/mol. The van der Waals surface area contributed by atoms with Crippen LogP contribution in [0.4, 0.5) is 4.79 Å². The van der Waals surface area contributed by atoms with Crippen molar-refractivity contribution in [3.05, 3.63) is 0 Å². The third-order valence-electron chi connectivity index (χ3n) is 5.15.